The van der Waals surface area contributed by atoms with E-state index >= 15 is 0 Å². The van der Waals surface area contributed by atoms with Gasteiger partial charge in [0.1, 0.15) is 0 Å². The third-order valence-corrected chi connectivity index (χ3v) is 7.47. The highest BCUT2D eigenvalue weighted by atomic mass is 32.2. The summed E-state index contributed by atoms with van der Waals surface area (Å²) in [5.41, 5.74) is 4.05. The Balaban J connectivity index is 1.93. The van der Waals surface area contributed by atoms with Crippen molar-refractivity contribution in [3.8, 4) is 0 Å². The van der Waals surface area contributed by atoms with Crippen molar-refractivity contribution in [1.82, 2.24) is 0 Å². The van der Waals surface area contributed by atoms with E-state index in [9.17, 15) is 16.8 Å². The fraction of sp³-hybridized carbons (Fsp3) is 0.182. The fourth-order valence-electron chi connectivity index (χ4n) is 2.93. The van der Waals surface area contributed by atoms with Gasteiger partial charge in [-0.1, -0.05) is 41.5 Å². The van der Waals surface area contributed by atoms with Crippen molar-refractivity contribution in [3.05, 3.63) is 82.9 Å². The van der Waals surface area contributed by atoms with Gasteiger partial charge in [-0.2, -0.15) is 0 Å². The fourth-order valence-corrected chi connectivity index (χ4v) is 5.21. The van der Waals surface area contributed by atoms with Gasteiger partial charge in [0.25, 0.3) is 20.0 Å². The molecule has 0 bridgehead atoms. The first-order chi connectivity index (χ1) is 14.0. The van der Waals surface area contributed by atoms with Gasteiger partial charge in [-0.3, -0.25) is 9.44 Å². The standard InChI is InChI=1S/C22H24N2O4S2/c1-15-5-9-19(10-6-15)29(25,26)24-22-14-20(11-8-17(22)3)30(27,28)23-21-12-7-16(2)13-18(21)4/h5-14,23-24H,1-4H3. The summed E-state index contributed by atoms with van der Waals surface area (Å²) >= 11 is 0. The molecule has 0 amide bonds. The van der Waals surface area contributed by atoms with Gasteiger partial charge in [0.05, 0.1) is 21.2 Å². The van der Waals surface area contributed by atoms with Crippen LogP contribution in [0, 0.1) is 27.7 Å². The first-order valence-corrected chi connectivity index (χ1v) is 12.2. The lowest BCUT2D eigenvalue weighted by Crippen LogP contribution is -2.16. The molecular formula is C22H24N2O4S2. The lowest BCUT2D eigenvalue weighted by molar-refractivity contribution is 0.598. The minimum absolute atomic E-state index is 0.0327. The molecule has 158 valence electrons. The second-order valence-corrected chi connectivity index (χ2v) is 10.7. The van der Waals surface area contributed by atoms with Gasteiger partial charge < -0.3 is 0 Å². The molecule has 30 heavy (non-hydrogen) atoms. The molecule has 3 aromatic rings. The summed E-state index contributed by atoms with van der Waals surface area (Å²) in [6.45, 7) is 7.32. The van der Waals surface area contributed by atoms with Crippen LogP contribution in [0.3, 0.4) is 0 Å². The summed E-state index contributed by atoms with van der Waals surface area (Å²) in [5.74, 6) is 0. The van der Waals surface area contributed by atoms with E-state index in [1.807, 2.05) is 32.9 Å². The van der Waals surface area contributed by atoms with Gasteiger partial charge in [0.15, 0.2) is 0 Å². The van der Waals surface area contributed by atoms with Crippen LogP contribution in [0.15, 0.2) is 70.5 Å². The van der Waals surface area contributed by atoms with Crippen LogP contribution in [0.25, 0.3) is 0 Å². The van der Waals surface area contributed by atoms with Crippen LogP contribution in [0.1, 0.15) is 22.3 Å². The second kappa shape index (κ2) is 8.12. The summed E-state index contributed by atoms with van der Waals surface area (Å²) < 4.78 is 56.3. The third-order valence-electron chi connectivity index (χ3n) is 4.72. The Labute approximate surface area is 178 Å². The highest BCUT2D eigenvalue weighted by Crippen LogP contribution is 2.26. The largest absolute Gasteiger partial charge is 0.279 e. The Morgan fingerprint density at radius 1 is 0.533 bits per heavy atom. The Bertz CT molecular complexity index is 1300. The zero-order chi connectivity index (χ0) is 22.1. The molecule has 0 spiro atoms. The molecule has 0 aliphatic heterocycles. The monoisotopic (exact) mass is 444 g/mol. The zero-order valence-corrected chi connectivity index (χ0v) is 18.9. The number of hydrogen-bond acceptors (Lipinski definition) is 4. The molecule has 2 N–H and O–H groups in total. The molecule has 0 radical (unpaired) electrons. The van der Waals surface area contributed by atoms with Gasteiger partial charge >= 0.3 is 0 Å². The van der Waals surface area contributed by atoms with Crippen LogP contribution in [0.5, 0.6) is 0 Å². The Kier molecular flexibility index (Phi) is 5.92. The maximum Gasteiger partial charge on any atom is 0.261 e. The van der Waals surface area contributed by atoms with Crippen molar-refractivity contribution in [2.45, 2.75) is 37.5 Å². The molecule has 6 nitrogen and oxygen atoms in total. The molecule has 0 aliphatic rings. The first kappa shape index (κ1) is 21.9. The van der Waals surface area contributed by atoms with Crippen LogP contribution in [0.2, 0.25) is 0 Å². The van der Waals surface area contributed by atoms with Crippen LogP contribution >= 0.6 is 0 Å². The lowest BCUT2D eigenvalue weighted by Gasteiger charge is -2.14. The molecule has 8 heteroatoms. The summed E-state index contributed by atoms with van der Waals surface area (Å²) in [4.78, 5) is 0.0730. The van der Waals surface area contributed by atoms with Crippen LogP contribution in [0.4, 0.5) is 11.4 Å². The quantitative estimate of drug-likeness (QED) is 0.585. The Morgan fingerprint density at radius 3 is 1.70 bits per heavy atom. The van der Waals surface area contributed by atoms with Crippen molar-refractivity contribution >= 4 is 31.4 Å². The van der Waals surface area contributed by atoms with E-state index in [0.717, 1.165) is 16.7 Å². The Hall–Kier alpha value is -2.84. The number of benzene rings is 3. The minimum atomic E-state index is -3.90. The predicted octanol–water partition coefficient (Wildman–Crippen LogP) is 4.52. The number of nitrogens with one attached hydrogen (secondary N) is 2. The molecule has 0 fully saturated rings. The SMILES string of the molecule is Cc1ccc(S(=O)(=O)Nc2cc(S(=O)(=O)Nc3ccc(C)cc3C)ccc2C)cc1. The second-order valence-electron chi connectivity index (χ2n) is 7.32. The van der Waals surface area contributed by atoms with Gasteiger partial charge in [-0.05, 0) is 69.2 Å². The van der Waals surface area contributed by atoms with E-state index in [-0.39, 0.29) is 15.5 Å². The van der Waals surface area contributed by atoms with E-state index in [1.54, 1.807) is 31.2 Å². The first-order valence-electron chi connectivity index (χ1n) is 9.28. The minimum Gasteiger partial charge on any atom is -0.279 e. The van der Waals surface area contributed by atoms with E-state index < -0.39 is 20.0 Å². The highest BCUT2D eigenvalue weighted by molar-refractivity contribution is 7.93. The molecule has 3 aromatic carbocycles. The molecule has 0 saturated heterocycles. The van der Waals surface area contributed by atoms with E-state index in [2.05, 4.69) is 9.44 Å². The van der Waals surface area contributed by atoms with E-state index in [1.165, 1.54) is 24.3 Å². The molecule has 0 aromatic heterocycles. The van der Waals surface area contributed by atoms with E-state index in [0.29, 0.717) is 11.3 Å². The summed E-state index contributed by atoms with van der Waals surface area (Å²) in [5, 5.41) is 0. The number of hydrogen-bond donors (Lipinski definition) is 2. The molecular weight excluding hydrogens is 420 g/mol. The normalized spacial score (nSPS) is 11.9. The van der Waals surface area contributed by atoms with Crippen LogP contribution in [-0.2, 0) is 20.0 Å². The van der Waals surface area contributed by atoms with Crippen molar-refractivity contribution in [3.63, 3.8) is 0 Å². The van der Waals surface area contributed by atoms with E-state index in [4.69, 9.17) is 0 Å². The summed E-state index contributed by atoms with van der Waals surface area (Å²) in [6, 6.07) is 16.2. The average molecular weight is 445 g/mol. The summed E-state index contributed by atoms with van der Waals surface area (Å²) in [6.07, 6.45) is 0. The average Bonchev–Trinajstić information content (AvgIpc) is 2.66. The summed E-state index contributed by atoms with van der Waals surface area (Å²) in [7, 11) is -7.75. The smallest absolute Gasteiger partial charge is 0.261 e. The topological polar surface area (TPSA) is 92.3 Å². The lowest BCUT2D eigenvalue weighted by atomic mass is 10.1. The Morgan fingerprint density at radius 2 is 1.07 bits per heavy atom. The van der Waals surface area contributed by atoms with Crippen LogP contribution < -0.4 is 9.44 Å². The highest BCUT2D eigenvalue weighted by Gasteiger charge is 2.20. The van der Waals surface area contributed by atoms with Crippen LogP contribution in [-0.4, -0.2) is 16.8 Å². The van der Waals surface area contributed by atoms with Gasteiger partial charge in [-0.15, -0.1) is 0 Å². The van der Waals surface area contributed by atoms with Crippen molar-refractivity contribution in [2.75, 3.05) is 9.44 Å². The molecule has 0 heterocycles. The number of sulfonamides is 2. The van der Waals surface area contributed by atoms with Crippen molar-refractivity contribution in [2.24, 2.45) is 0 Å². The predicted molar refractivity (Wildman–Crippen MR) is 120 cm³/mol. The van der Waals surface area contributed by atoms with Gasteiger partial charge in [0.2, 0.25) is 0 Å². The maximum atomic E-state index is 12.9. The van der Waals surface area contributed by atoms with Gasteiger partial charge in [-0.25, -0.2) is 16.8 Å². The zero-order valence-electron chi connectivity index (χ0n) is 17.2. The molecule has 0 atom stereocenters. The molecule has 0 unspecified atom stereocenters. The molecule has 0 saturated carbocycles. The number of anilines is 2. The van der Waals surface area contributed by atoms with Crippen molar-refractivity contribution < 1.29 is 16.8 Å². The van der Waals surface area contributed by atoms with Crippen molar-refractivity contribution in [1.29, 1.82) is 0 Å². The maximum absolute atomic E-state index is 12.9. The molecule has 0 aliphatic carbocycles. The number of rotatable bonds is 6. The molecule has 3 rings (SSSR count). The number of aryl methyl sites for hydroxylation is 4. The van der Waals surface area contributed by atoms with Gasteiger partial charge in [0, 0.05) is 0 Å². The third kappa shape index (κ3) is 4.83.